The van der Waals surface area contributed by atoms with Crippen molar-refractivity contribution in [2.24, 2.45) is 22.9 Å². The molecule has 0 bridgehead atoms. The molecule has 122 valence electrons. The maximum absolute atomic E-state index is 10.2. The smallest absolute Gasteiger partial charge is 0.321 e. The average molecular weight is 306 g/mol. The van der Waals surface area contributed by atoms with Crippen LogP contribution in [0.1, 0.15) is 19.3 Å². The van der Waals surface area contributed by atoms with E-state index in [4.69, 9.17) is 32.8 Å². The van der Waals surface area contributed by atoms with Crippen LogP contribution in [0.5, 0.6) is 0 Å². The molecule has 0 spiro atoms. The van der Waals surface area contributed by atoms with Crippen LogP contribution in [0.4, 0.5) is 0 Å². The number of aliphatic carboxylic acids is 2. The van der Waals surface area contributed by atoms with Crippen molar-refractivity contribution in [2.45, 2.75) is 31.3 Å². The molecule has 0 rings (SSSR count). The summed E-state index contributed by atoms with van der Waals surface area (Å²) in [5, 5.41) is 25.8. The highest BCUT2D eigenvalue weighted by Crippen LogP contribution is 1.92. The highest BCUT2D eigenvalue weighted by molar-refractivity contribution is 5.83. The lowest BCUT2D eigenvalue weighted by molar-refractivity contribution is -0.140. The number of hydrogen-bond acceptors (Lipinski definition) is 6. The SMILES string of the molecule is N=C(N)NCCCC(N)C(=O)O.NC(=O)C[C@@H](N)C(=O)O. The van der Waals surface area contributed by atoms with Gasteiger partial charge in [-0.1, -0.05) is 0 Å². The molecule has 0 aromatic rings. The fraction of sp³-hybridized carbons (Fsp3) is 0.600. The Balaban J connectivity index is 0. The lowest BCUT2D eigenvalue weighted by atomic mass is 10.2. The van der Waals surface area contributed by atoms with Crippen LogP contribution < -0.4 is 28.3 Å². The van der Waals surface area contributed by atoms with Crippen LogP contribution in [0.15, 0.2) is 0 Å². The van der Waals surface area contributed by atoms with E-state index in [9.17, 15) is 14.4 Å². The number of nitrogens with one attached hydrogen (secondary N) is 2. The first-order valence-electron chi connectivity index (χ1n) is 5.90. The molecule has 12 N–H and O–H groups in total. The fourth-order valence-corrected chi connectivity index (χ4v) is 0.973. The van der Waals surface area contributed by atoms with Gasteiger partial charge < -0.3 is 38.5 Å². The molecule has 0 aromatic carbocycles. The third-order valence-corrected chi connectivity index (χ3v) is 2.06. The molecule has 11 nitrogen and oxygen atoms in total. The van der Waals surface area contributed by atoms with E-state index in [1.165, 1.54) is 0 Å². The first kappa shape index (κ1) is 20.9. The van der Waals surface area contributed by atoms with E-state index in [-0.39, 0.29) is 12.4 Å². The molecule has 0 aliphatic rings. The number of carboxylic acids is 2. The second kappa shape index (κ2) is 11.4. The molecule has 2 atom stereocenters. The topological polar surface area (TPSA) is 232 Å². The largest absolute Gasteiger partial charge is 0.480 e. The minimum atomic E-state index is -1.21. The van der Waals surface area contributed by atoms with Crippen molar-refractivity contribution >= 4 is 23.8 Å². The van der Waals surface area contributed by atoms with Crippen molar-refractivity contribution in [3.63, 3.8) is 0 Å². The normalized spacial score (nSPS) is 12.3. The van der Waals surface area contributed by atoms with E-state index in [0.717, 1.165) is 0 Å². The summed E-state index contributed by atoms with van der Waals surface area (Å²) in [6.07, 6.45) is 0.665. The molecule has 0 fully saturated rings. The molecule has 1 amide bonds. The Labute approximate surface area is 121 Å². The van der Waals surface area contributed by atoms with Crippen LogP contribution >= 0.6 is 0 Å². The van der Waals surface area contributed by atoms with Gasteiger partial charge in [-0.05, 0) is 12.8 Å². The second-order valence-electron chi connectivity index (χ2n) is 4.04. The van der Waals surface area contributed by atoms with Gasteiger partial charge in [0.15, 0.2) is 5.96 Å². The Morgan fingerprint density at radius 1 is 1.05 bits per heavy atom. The van der Waals surface area contributed by atoms with Gasteiger partial charge in [0.2, 0.25) is 5.91 Å². The minimum absolute atomic E-state index is 0.112. The van der Waals surface area contributed by atoms with Gasteiger partial charge in [0, 0.05) is 6.54 Å². The number of nitrogens with two attached hydrogens (primary N) is 4. The third-order valence-electron chi connectivity index (χ3n) is 2.06. The molecule has 0 saturated carbocycles. The van der Waals surface area contributed by atoms with E-state index < -0.39 is 29.9 Å². The Kier molecular flexibility index (Phi) is 11.4. The number of carbonyl (C=O) groups excluding carboxylic acids is 1. The number of carbonyl (C=O) groups is 3. The van der Waals surface area contributed by atoms with Crippen molar-refractivity contribution in [2.75, 3.05) is 6.54 Å². The van der Waals surface area contributed by atoms with Crippen LogP contribution in [0, 0.1) is 5.41 Å². The van der Waals surface area contributed by atoms with Crippen LogP contribution in [-0.2, 0) is 14.4 Å². The summed E-state index contributed by atoms with van der Waals surface area (Å²) < 4.78 is 0. The zero-order valence-electron chi connectivity index (χ0n) is 11.4. The predicted octanol–water partition coefficient (Wildman–Crippen LogP) is -3.06. The molecule has 0 aliphatic carbocycles. The van der Waals surface area contributed by atoms with E-state index in [0.29, 0.717) is 19.4 Å². The lowest BCUT2D eigenvalue weighted by Gasteiger charge is -2.06. The highest BCUT2D eigenvalue weighted by atomic mass is 16.4. The number of carboxylic acid groups (broad SMARTS) is 2. The van der Waals surface area contributed by atoms with E-state index in [1.54, 1.807) is 0 Å². The van der Waals surface area contributed by atoms with Gasteiger partial charge in [-0.15, -0.1) is 0 Å². The Morgan fingerprint density at radius 2 is 1.52 bits per heavy atom. The minimum Gasteiger partial charge on any atom is -0.480 e. The van der Waals surface area contributed by atoms with Gasteiger partial charge in [-0.2, -0.15) is 0 Å². The van der Waals surface area contributed by atoms with E-state index in [1.807, 2.05) is 0 Å². The Bertz CT molecular complexity index is 375. The van der Waals surface area contributed by atoms with E-state index in [2.05, 4.69) is 11.1 Å². The third kappa shape index (κ3) is 15.5. The quantitative estimate of drug-likeness (QED) is 0.129. The number of hydrogen-bond donors (Lipinski definition) is 8. The van der Waals surface area contributed by atoms with Crippen LogP contribution in [0.25, 0.3) is 0 Å². The molecular formula is C10H22N6O5. The number of guanidine groups is 1. The Hall–Kier alpha value is -2.40. The number of primary amides is 1. The summed E-state index contributed by atoms with van der Waals surface area (Å²) in [7, 11) is 0. The fourth-order valence-electron chi connectivity index (χ4n) is 0.973. The molecule has 0 aromatic heterocycles. The summed E-state index contributed by atoms with van der Waals surface area (Å²) in [6.45, 7) is 0.482. The average Bonchev–Trinajstić information content (AvgIpc) is 2.33. The van der Waals surface area contributed by atoms with Gasteiger partial charge in [-0.25, -0.2) is 0 Å². The summed E-state index contributed by atoms with van der Waals surface area (Å²) in [6, 6.07) is -1.98. The first-order valence-corrected chi connectivity index (χ1v) is 5.90. The standard InChI is InChI=1S/C6H14N4O2.C4H8N2O3/c7-4(5(11)12)2-1-3-10-6(8)9;5-2(4(8)9)1-3(6)7/h4H,1-3,7H2,(H,11,12)(H4,8,9,10);2H,1,5H2,(H2,6,7)(H,8,9)/t;2-/m.1/s1. The monoisotopic (exact) mass is 306 g/mol. The zero-order chi connectivity index (χ0) is 17.0. The Morgan fingerprint density at radius 3 is 1.81 bits per heavy atom. The van der Waals surface area contributed by atoms with Crippen molar-refractivity contribution < 1.29 is 24.6 Å². The van der Waals surface area contributed by atoms with Gasteiger partial charge >= 0.3 is 11.9 Å². The van der Waals surface area contributed by atoms with Crippen molar-refractivity contribution in [3.8, 4) is 0 Å². The highest BCUT2D eigenvalue weighted by Gasteiger charge is 2.13. The van der Waals surface area contributed by atoms with Crippen LogP contribution in [-0.4, -0.2) is 52.6 Å². The second-order valence-corrected chi connectivity index (χ2v) is 4.04. The zero-order valence-corrected chi connectivity index (χ0v) is 11.4. The van der Waals surface area contributed by atoms with Gasteiger partial charge in [-0.3, -0.25) is 19.8 Å². The summed E-state index contributed by atoms with van der Waals surface area (Å²) in [4.78, 5) is 30.1. The lowest BCUT2D eigenvalue weighted by Crippen LogP contribution is -2.34. The molecule has 0 aliphatic heterocycles. The molecule has 0 radical (unpaired) electrons. The summed E-state index contributed by atoms with van der Waals surface area (Å²) in [5.41, 5.74) is 19.8. The molecular weight excluding hydrogens is 284 g/mol. The number of amides is 1. The molecule has 1 unspecified atom stereocenters. The molecule has 21 heavy (non-hydrogen) atoms. The van der Waals surface area contributed by atoms with Crippen LogP contribution in [0.3, 0.4) is 0 Å². The van der Waals surface area contributed by atoms with Crippen molar-refractivity contribution in [3.05, 3.63) is 0 Å². The van der Waals surface area contributed by atoms with E-state index >= 15 is 0 Å². The van der Waals surface area contributed by atoms with Gasteiger partial charge in [0.1, 0.15) is 12.1 Å². The first-order chi connectivity index (χ1) is 9.57. The maximum atomic E-state index is 10.2. The van der Waals surface area contributed by atoms with Crippen molar-refractivity contribution in [1.29, 1.82) is 5.41 Å². The van der Waals surface area contributed by atoms with Crippen molar-refractivity contribution in [1.82, 2.24) is 5.32 Å². The number of rotatable bonds is 8. The summed E-state index contributed by atoms with van der Waals surface area (Å²) in [5.74, 6) is -3.03. The van der Waals surface area contributed by atoms with Crippen LogP contribution in [0.2, 0.25) is 0 Å². The van der Waals surface area contributed by atoms with Gasteiger partial charge in [0.25, 0.3) is 0 Å². The molecule has 0 heterocycles. The molecule has 0 saturated heterocycles. The maximum Gasteiger partial charge on any atom is 0.321 e. The summed E-state index contributed by atoms with van der Waals surface area (Å²) >= 11 is 0. The molecule has 11 heteroatoms. The predicted molar refractivity (Wildman–Crippen MR) is 74.2 cm³/mol. The van der Waals surface area contributed by atoms with Gasteiger partial charge in [0.05, 0.1) is 6.42 Å².